The first-order valence-electron chi connectivity index (χ1n) is 4.48. The van der Waals surface area contributed by atoms with Gasteiger partial charge in [-0.1, -0.05) is 5.16 Å². The van der Waals surface area contributed by atoms with Gasteiger partial charge >= 0.3 is 0 Å². The highest BCUT2D eigenvalue weighted by Gasteiger charge is 2.23. The Kier molecular flexibility index (Phi) is 2.55. The molecule has 0 amide bonds. The minimum absolute atomic E-state index is 0.160. The normalized spacial score (nSPS) is 24.9. The SMILES string of the molecule is CC(N)c1nc(C2CCCS2)no1. The first kappa shape index (κ1) is 9.02. The topological polar surface area (TPSA) is 64.9 Å². The average Bonchev–Trinajstić information content (AvgIpc) is 2.75. The van der Waals surface area contributed by atoms with E-state index in [0.29, 0.717) is 11.1 Å². The second-order valence-corrected chi connectivity index (χ2v) is 4.59. The summed E-state index contributed by atoms with van der Waals surface area (Å²) < 4.78 is 5.04. The van der Waals surface area contributed by atoms with Gasteiger partial charge in [-0.3, -0.25) is 0 Å². The lowest BCUT2D eigenvalue weighted by Gasteiger charge is -1.99. The van der Waals surface area contributed by atoms with Crippen LogP contribution in [0.15, 0.2) is 4.52 Å². The van der Waals surface area contributed by atoms with Gasteiger partial charge in [0.2, 0.25) is 5.89 Å². The number of aromatic nitrogens is 2. The van der Waals surface area contributed by atoms with Gasteiger partial charge in [-0.25, -0.2) is 0 Å². The Labute approximate surface area is 81.3 Å². The predicted molar refractivity (Wildman–Crippen MR) is 51.3 cm³/mol. The quantitative estimate of drug-likeness (QED) is 0.784. The van der Waals surface area contributed by atoms with Crippen molar-refractivity contribution in [3.8, 4) is 0 Å². The van der Waals surface area contributed by atoms with Gasteiger partial charge in [0.15, 0.2) is 5.82 Å². The molecule has 2 N–H and O–H groups in total. The van der Waals surface area contributed by atoms with Gasteiger partial charge in [-0.05, 0) is 25.5 Å². The molecular formula is C8H13N3OS. The molecular weight excluding hydrogens is 186 g/mol. The monoisotopic (exact) mass is 199 g/mol. The largest absolute Gasteiger partial charge is 0.338 e. The summed E-state index contributed by atoms with van der Waals surface area (Å²) in [6.07, 6.45) is 2.40. The first-order valence-corrected chi connectivity index (χ1v) is 5.53. The lowest BCUT2D eigenvalue weighted by molar-refractivity contribution is 0.357. The fourth-order valence-corrected chi connectivity index (χ4v) is 2.54. The van der Waals surface area contributed by atoms with Crippen molar-refractivity contribution in [2.45, 2.75) is 31.1 Å². The number of hydrogen-bond acceptors (Lipinski definition) is 5. The Morgan fingerprint density at radius 2 is 2.54 bits per heavy atom. The van der Waals surface area contributed by atoms with E-state index in [0.717, 1.165) is 12.2 Å². The number of nitrogens with zero attached hydrogens (tertiary/aromatic N) is 2. The highest BCUT2D eigenvalue weighted by Crippen LogP contribution is 2.38. The van der Waals surface area contributed by atoms with Crippen molar-refractivity contribution < 1.29 is 4.52 Å². The van der Waals surface area contributed by atoms with E-state index in [1.807, 2.05) is 18.7 Å². The van der Waals surface area contributed by atoms with Crippen molar-refractivity contribution in [1.82, 2.24) is 10.1 Å². The van der Waals surface area contributed by atoms with Crippen LogP contribution in [0.4, 0.5) is 0 Å². The standard InChI is InChI=1S/C8H13N3OS/c1-5(9)8-10-7(11-12-8)6-3-2-4-13-6/h5-6H,2-4,9H2,1H3. The Morgan fingerprint density at radius 1 is 1.69 bits per heavy atom. The first-order chi connectivity index (χ1) is 6.27. The number of nitrogens with two attached hydrogens (primary N) is 1. The second kappa shape index (κ2) is 3.67. The van der Waals surface area contributed by atoms with Crippen LogP contribution >= 0.6 is 11.8 Å². The lowest BCUT2D eigenvalue weighted by atomic mass is 10.2. The van der Waals surface area contributed by atoms with Crippen LogP contribution in [-0.4, -0.2) is 15.9 Å². The molecule has 1 fully saturated rings. The molecule has 2 unspecified atom stereocenters. The molecule has 0 spiro atoms. The molecule has 0 radical (unpaired) electrons. The molecule has 1 aromatic heterocycles. The van der Waals surface area contributed by atoms with Crippen LogP contribution < -0.4 is 5.73 Å². The Morgan fingerprint density at radius 3 is 3.08 bits per heavy atom. The van der Waals surface area contributed by atoms with Gasteiger partial charge < -0.3 is 10.3 Å². The van der Waals surface area contributed by atoms with E-state index >= 15 is 0 Å². The van der Waals surface area contributed by atoms with Crippen LogP contribution in [0.5, 0.6) is 0 Å². The lowest BCUT2D eigenvalue weighted by Crippen LogP contribution is -2.05. The number of hydrogen-bond donors (Lipinski definition) is 1. The molecule has 2 rings (SSSR count). The number of thioether (sulfide) groups is 1. The summed E-state index contributed by atoms with van der Waals surface area (Å²) in [4.78, 5) is 4.27. The smallest absolute Gasteiger partial charge is 0.243 e. The third kappa shape index (κ3) is 1.86. The Balaban J connectivity index is 2.12. The van der Waals surface area contributed by atoms with Gasteiger partial charge in [0, 0.05) is 0 Å². The molecule has 2 heterocycles. The Hall–Kier alpha value is -0.550. The van der Waals surface area contributed by atoms with Crippen LogP contribution in [0, 0.1) is 0 Å². The molecule has 13 heavy (non-hydrogen) atoms. The van der Waals surface area contributed by atoms with Crippen LogP contribution in [0.25, 0.3) is 0 Å². The van der Waals surface area contributed by atoms with E-state index < -0.39 is 0 Å². The molecule has 1 saturated heterocycles. The fourth-order valence-electron chi connectivity index (χ4n) is 1.34. The summed E-state index contributed by atoms with van der Waals surface area (Å²) in [5.74, 6) is 2.56. The highest BCUT2D eigenvalue weighted by molar-refractivity contribution is 7.99. The summed E-state index contributed by atoms with van der Waals surface area (Å²) in [5.41, 5.74) is 5.62. The van der Waals surface area contributed by atoms with Crippen molar-refractivity contribution in [3.63, 3.8) is 0 Å². The van der Waals surface area contributed by atoms with E-state index in [-0.39, 0.29) is 6.04 Å². The van der Waals surface area contributed by atoms with Crippen LogP contribution in [0.2, 0.25) is 0 Å². The number of rotatable bonds is 2. The van der Waals surface area contributed by atoms with Crippen molar-refractivity contribution in [2.24, 2.45) is 5.73 Å². The summed E-state index contributed by atoms with van der Waals surface area (Å²) in [7, 11) is 0. The third-order valence-electron chi connectivity index (χ3n) is 2.06. The maximum atomic E-state index is 5.62. The summed E-state index contributed by atoms with van der Waals surface area (Å²) in [5, 5.41) is 4.36. The van der Waals surface area contributed by atoms with Crippen LogP contribution in [0.1, 0.15) is 42.8 Å². The molecule has 1 aromatic rings. The van der Waals surface area contributed by atoms with E-state index in [9.17, 15) is 0 Å². The zero-order chi connectivity index (χ0) is 9.26. The van der Waals surface area contributed by atoms with Gasteiger partial charge in [-0.15, -0.1) is 0 Å². The molecule has 2 atom stereocenters. The summed E-state index contributed by atoms with van der Waals surface area (Å²) in [6, 6.07) is -0.160. The van der Waals surface area contributed by atoms with Crippen molar-refractivity contribution >= 4 is 11.8 Å². The molecule has 4 nitrogen and oxygen atoms in total. The van der Waals surface area contributed by atoms with Gasteiger partial charge in [-0.2, -0.15) is 16.7 Å². The molecule has 0 saturated carbocycles. The average molecular weight is 199 g/mol. The minimum atomic E-state index is -0.160. The molecule has 1 aliphatic rings. The molecule has 72 valence electrons. The van der Waals surface area contributed by atoms with E-state index in [2.05, 4.69) is 10.1 Å². The fraction of sp³-hybridized carbons (Fsp3) is 0.750. The van der Waals surface area contributed by atoms with Gasteiger partial charge in [0.25, 0.3) is 0 Å². The van der Waals surface area contributed by atoms with E-state index in [1.54, 1.807) is 0 Å². The molecule has 1 aliphatic heterocycles. The molecule has 0 bridgehead atoms. The van der Waals surface area contributed by atoms with Crippen LogP contribution in [-0.2, 0) is 0 Å². The van der Waals surface area contributed by atoms with Gasteiger partial charge in [0.05, 0.1) is 11.3 Å². The van der Waals surface area contributed by atoms with Crippen molar-refractivity contribution in [3.05, 3.63) is 11.7 Å². The third-order valence-corrected chi connectivity index (χ3v) is 3.44. The second-order valence-electron chi connectivity index (χ2n) is 3.28. The highest BCUT2D eigenvalue weighted by atomic mass is 32.2. The molecule has 0 aliphatic carbocycles. The van der Waals surface area contributed by atoms with Crippen molar-refractivity contribution in [1.29, 1.82) is 0 Å². The zero-order valence-electron chi connectivity index (χ0n) is 7.56. The van der Waals surface area contributed by atoms with Gasteiger partial charge in [0.1, 0.15) is 0 Å². The summed E-state index contributed by atoms with van der Waals surface area (Å²) in [6.45, 7) is 1.85. The molecule has 0 aromatic carbocycles. The Bertz CT molecular complexity index is 281. The van der Waals surface area contributed by atoms with Crippen LogP contribution in [0.3, 0.4) is 0 Å². The predicted octanol–water partition coefficient (Wildman–Crippen LogP) is 1.66. The van der Waals surface area contributed by atoms with E-state index in [1.165, 1.54) is 12.2 Å². The minimum Gasteiger partial charge on any atom is -0.338 e. The summed E-state index contributed by atoms with van der Waals surface area (Å²) >= 11 is 1.89. The van der Waals surface area contributed by atoms with E-state index in [4.69, 9.17) is 10.3 Å². The maximum absolute atomic E-state index is 5.62. The maximum Gasteiger partial charge on any atom is 0.243 e. The molecule has 5 heteroatoms. The van der Waals surface area contributed by atoms with Crippen molar-refractivity contribution in [2.75, 3.05) is 5.75 Å². The zero-order valence-corrected chi connectivity index (χ0v) is 8.38.